The van der Waals surface area contributed by atoms with Crippen molar-refractivity contribution in [3.8, 4) is 5.75 Å². The highest BCUT2D eigenvalue weighted by atomic mass is 19.1. The summed E-state index contributed by atoms with van der Waals surface area (Å²) in [5, 5.41) is 14.0. The van der Waals surface area contributed by atoms with E-state index in [-0.39, 0.29) is 22.8 Å². The van der Waals surface area contributed by atoms with Crippen molar-refractivity contribution in [3.63, 3.8) is 0 Å². The van der Waals surface area contributed by atoms with E-state index < -0.39 is 16.4 Å². The van der Waals surface area contributed by atoms with Crippen molar-refractivity contribution < 1.29 is 14.1 Å². The Morgan fingerprint density at radius 3 is 2.74 bits per heavy atom. The highest BCUT2D eigenvalue weighted by Crippen LogP contribution is 2.42. The van der Waals surface area contributed by atoms with E-state index in [4.69, 9.17) is 4.74 Å². The lowest BCUT2D eigenvalue weighted by atomic mass is 9.91. The van der Waals surface area contributed by atoms with Crippen LogP contribution in [0.2, 0.25) is 0 Å². The number of halogens is 1. The van der Waals surface area contributed by atoms with Crippen LogP contribution < -0.4 is 15.0 Å². The zero-order valence-electron chi connectivity index (χ0n) is 17.4. The van der Waals surface area contributed by atoms with Gasteiger partial charge in [-0.25, -0.2) is 9.97 Å². The van der Waals surface area contributed by atoms with Gasteiger partial charge in [0.25, 0.3) is 0 Å². The van der Waals surface area contributed by atoms with E-state index in [0.29, 0.717) is 12.5 Å². The van der Waals surface area contributed by atoms with Crippen LogP contribution in [0.25, 0.3) is 0 Å². The first-order chi connectivity index (χ1) is 14.7. The number of nitro groups is 1. The number of anilines is 4. The Hall–Kier alpha value is -3.89. The fourth-order valence-corrected chi connectivity index (χ4v) is 3.55. The zero-order chi connectivity index (χ0) is 22.3. The van der Waals surface area contributed by atoms with Gasteiger partial charge in [0.15, 0.2) is 0 Å². The molecule has 0 aliphatic carbocycles. The lowest BCUT2D eigenvalue weighted by Gasteiger charge is -2.20. The number of aryl methyl sites for hydroxylation is 1. The van der Waals surface area contributed by atoms with E-state index in [2.05, 4.69) is 39.1 Å². The van der Waals surface area contributed by atoms with Gasteiger partial charge in [0, 0.05) is 29.8 Å². The van der Waals surface area contributed by atoms with Crippen molar-refractivity contribution in [1.82, 2.24) is 19.9 Å². The molecular formula is C20H20FN7O3. The van der Waals surface area contributed by atoms with Crippen LogP contribution in [0.5, 0.6) is 5.75 Å². The van der Waals surface area contributed by atoms with Crippen molar-refractivity contribution in [2.45, 2.75) is 26.2 Å². The molecule has 0 fully saturated rings. The molecule has 0 saturated heterocycles. The fraction of sp³-hybridized carbons (Fsp3) is 0.300. The number of nitrogens with zero attached hydrogens (tertiary/aromatic N) is 6. The Kier molecular flexibility index (Phi) is 4.88. The van der Waals surface area contributed by atoms with E-state index >= 15 is 0 Å². The van der Waals surface area contributed by atoms with Crippen LogP contribution in [-0.2, 0) is 5.41 Å². The smallest absolute Gasteiger partial charge is 0.307 e. The zero-order valence-corrected chi connectivity index (χ0v) is 17.4. The molecule has 1 aliphatic rings. The maximum Gasteiger partial charge on any atom is 0.307 e. The van der Waals surface area contributed by atoms with Crippen molar-refractivity contribution >= 4 is 29.0 Å². The minimum absolute atomic E-state index is 0.0809. The van der Waals surface area contributed by atoms with Crippen LogP contribution in [0.15, 0.2) is 30.6 Å². The Bertz CT molecular complexity index is 1190. The van der Waals surface area contributed by atoms with Crippen molar-refractivity contribution in [2.75, 3.05) is 23.9 Å². The first-order valence-corrected chi connectivity index (χ1v) is 9.43. The number of ether oxygens (including phenoxy) is 1. The summed E-state index contributed by atoms with van der Waals surface area (Å²) in [4.78, 5) is 29.8. The molecule has 0 unspecified atom stereocenters. The topological polar surface area (TPSA) is 119 Å². The number of methoxy groups -OCH3 is 1. The number of nitro benzene ring substituents is 1. The van der Waals surface area contributed by atoms with Gasteiger partial charge in [0.05, 0.1) is 29.1 Å². The van der Waals surface area contributed by atoms with Crippen LogP contribution in [0.1, 0.15) is 25.2 Å². The van der Waals surface area contributed by atoms with Crippen LogP contribution >= 0.6 is 0 Å². The first-order valence-electron chi connectivity index (χ1n) is 9.43. The van der Waals surface area contributed by atoms with E-state index in [1.54, 1.807) is 0 Å². The third-order valence-electron chi connectivity index (χ3n) is 5.01. The van der Waals surface area contributed by atoms with Gasteiger partial charge in [-0.15, -0.1) is 0 Å². The van der Waals surface area contributed by atoms with E-state index in [1.807, 2.05) is 24.0 Å². The summed E-state index contributed by atoms with van der Waals surface area (Å²) in [6, 6.07) is 5.89. The summed E-state index contributed by atoms with van der Waals surface area (Å²) in [6.07, 6.45) is 1.34. The molecule has 4 rings (SSSR count). The molecule has 2 aromatic heterocycles. The molecular weight excluding hydrogens is 405 g/mol. The second-order valence-electron chi connectivity index (χ2n) is 7.79. The van der Waals surface area contributed by atoms with Crippen LogP contribution in [0.3, 0.4) is 0 Å². The summed E-state index contributed by atoms with van der Waals surface area (Å²) >= 11 is 0. The highest BCUT2D eigenvalue weighted by molar-refractivity contribution is 5.69. The largest absolute Gasteiger partial charge is 0.494 e. The molecule has 3 aromatic rings. The third-order valence-corrected chi connectivity index (χ3v) is 5.01. The quantitative estimate of drug-likeness (QED) is 0.481. The molecule has 0 radical (unpaired) electrons. The molecule has 1 N–H and O–H groups in total. The maximum absolute atomic E-state index is 13.9. The van der Waals surface area contributed by atoms with Gasteiger partial charge in [0.2, 0.25) is 17.7 Å². The van der Waals surface area contributed by atoms with E-state index in [9.17, 15) is 14.5 Å². The Balaban J connectivity index is 1.70. The number of nitrogens with one attached hydrogen (secondary N) is 1. The van der Waals surface area contributed by atoms with Gasteiger partial charge in [-0.2, -0.15) is 9.37 Å². The predicted octanol–water partition coefficient (Wildman–Crippen LogP) is 3.80. The Morgan fingerprint density at radius 1 is 1.26 bits per heavy atom. The molecule has 160 valence electrons. The number of rotatable bonds is 5. The fourth-order valence-electron chi connectivity index (χ4n) is 3.55. The standard InChI is InChI=1S/C20H20FN7O3/c1-11-5-6-14-17(24-11)20(2,3)9-27(14)19-23-10-22-18(26-19)25-13-8-15(28(29)30)12(21)7-16(13)31-4/h5-8,10H,9H2,1-4H3,(H,22,23,25,26). The lowest BCUT2D eigenvalue weighted by molar-refractivity contribution is -0.387. The van der Waals surface area contributed by atoms with Crippen LogP contribution in [0.4, 0.5) is 33.3 Å². The lowest BCUT2D eigenvalue weighted by Crippen LogP contribution is -2.26. The molecule has 0 atom stereocenters. The second kappa shape index (κ2) is 7.42. The average Bonchev–Trinajstić information content (AvgIpc) is 2.99. The van der Waals surface area contributed by atoms with E-state index in [1.165, 1.54) is 13.4 Å². The van der Waals surface area contributed by atoms with Crippen LogP contribution in [0, 0.1) is 22.9 Å². The van der Waals surface area contributed by atoms with Gasteiger partial charge < -0.3 is 15.0 Å². The van der Waals surface area contributed by atoms with Gasteiger partial charge in [-0.1, -0.05) is 13.8 Å². The molecule has 0 amide bonds. The predicted molar refractivity (Wildman–Crippen MR) is 112 cm³/mol. The number of benzene rings is 1. The molecule has 0 bridgehead atoms. The van der Waals surface area contributed by atoms with Crippen LogP contribution in [-0.4, -0.2) is 38.5 Å². The summed E-state index contributed by atoms with van der Waals surface area (Å²) in [5.41, 5.74) is 2.06. The monoisotopic (exact) mass is 425 g/mol. The van der Waals surface area contributed by atoms with Gasteiger partial charge in [-0.3, -0.25) is 15.1 Å². The van der Waals surface area contributed by atoms with Crippen molar-refractivity contribution in [1.29, 1.82) is 0 Å². The van der Waals surface area contributed by atoms with E-state index in [0.717, 1.165) is 29.2 Å². The molecule has 0 saturated carbocycles. The molecule has 1 aromatic carbocycles. The number of hydrogen-bond donors (Lipinski definition) is 1. The SMILES string of the molecule is COc1cc(F)c([N+](=O)[O-])cc1Nc1ncnc(N2CC(C)(C)c3nc(C)ccc32)n1. The number of aromatic nitrogens is 4. The summed E-state index contributed by atoms with van der Waals surface area (Å²) in [5.74, 6) is -0.388. The second-order valence-corrected chi connectivity index (χ2v) is 7.79. The first kappa shape index (κ1) is 20.4. The molecule has 3 heterocycles. The molecule has 11 heteroatoms. The average molecular weight is 425 g/mol. The van der Waals surface area contributed by atoms with Crippen molar-refractivity contribution in [3.05, 3.63) is 57.9 Å². The Morgan fingerprint density at radius 2 is 2.03 bits per heavy atom. The van der Waals surface area contributed by atoms with Gasteiger partial charge in [0.1, 0.15) is 12.1 Å². The molecule has 10 nitrogen and oxygen atoms in total. The Labute approximate surface area is 177 Å². The summed E-state index contributed by atoms with van der Waals surface area (Å²) in [7, 11) is 1.34. The summed E-state index contributed by atoms with van der Waals surface area (Å²) in [6.45, 7) is 6.76. The molecule has 1 aliphatic heterocycles. The third kappa shape index (κ3) is 3.69. The van der Waals surface area contributed by atoms with Crippen molar-refractivity contribution in [2.24, 2.45) is 0 Å². The number of hydrogen-bond acceptors (Lipinski definition) is 9. The van der Waals surface area contributed by atoms with Gasteiger partial charge in [-0.05, 0) is 19.1 Å². The summed E-state index contributed by atoms with van der Waals surface area (Å²) < 4.78 is 19.0. The van der Waals surface area contributed by atoms with Gasteiger partial charge >= 0.3 is 5.69 Å². The normalized spacial score (nSPS) is 14.3. The number of pyridine rings is 1. The number of fused-ring (bicyclic) bond motifs is 1. The minimum Gasteiger partial charge on any atom is -0.494 e. The maximum atomic E-state index is 13.9. The molecule has 0 spiro atoms. The highest BCUT2D eigenvalue weighted by Gasteiger charge is 2.38. The molecule has 31 heavy (non-hydrogen) atoms. The minimum atomic E-state index is -0.998.